The van der Waals surface area contributed by atoms with Gasteiger partial charge in [-0.3, -0.25) is 0 Å². The zero-order valence-corrected chi connectivity index (χ0v) is 10.3. The largest absolute Gasteiger partial charge is 0.312 e. The molecule has 1 fully saturated rings. The summed E-state index contributed by atoms with van der Waals surface area (Å²) in [7, 11) is 0. The molecule has 1 aromatic rings. The van der Waals surface area contributed by atoms with Gasteiger partial charge in [-0.25, -0.2) is 0 Å². The summed E-state index contributed by atoms with van der Waals surface area (Å²) in [6, 6.07) is 8.06. The molecule has 1 saturated heterocycles. The number of rotatable bonds is 4. The van der Waals surface area contributed by atoms with Crippen molar-refractivity contribution < 1.29 is 0 Å². The van der Waals surface area contributed by atoms with Crippen molar-refractivity contribution in [1.29, 1.82) is 0 Å². The summed E-state index contributed by atoms with van der Waals surface area (Å²) in [4.78, 5) is 0. The molecule has 0 radical (unpaired) electrons. The summed E-state index contributed by atoms with van der Waals surface area (Å²) in [5.74, 6) is 3.53. The smallest absolute Gasteiger partial charge is 0.0409 e. The maximum Gasteiger partial charge on any atom is 0.0409 e. The molecule has 1 nitrogen and oxygen atoms in total. The zero-order chi connectivity index (χ0) is 10.5. The predicted octanol–water partition coefficient (Wildman–Crippen LogP) is 3.18. The SMILES string of the molecule is Clc1cccc(CNCC2CCSC2)c1. The van der Waals surface area contributed by atoms with Crippen LogP contribution in [-0.2, 0) is 6.54 Å². The summed E-state index contributed by atoms with van der Waals surface area (Å²) < 4.78 is 0. The van der Waals surface area contributed by atoms with E-state index in [2.05, 4.69) is 23.1 Å². The Labute approximate surface area is 101 Å². The van der Waals surface area contributed by atoms with E-state index in [4.69, 9.17) is 11.6 Å². The van der Waals surface area contributed by atoms with E-state index in [9.17, 15) is 0 Å². The highest BCUT2D eigenvalue weighted by Crippen LogP contribution is 2.22. The van der Waals surface area contributed by atoms with Crippen molar-refractivity contribution in [3.8, 4) is 0 Å². The lowest BCUT2D eigenvalue weighted by Crippen LogP contribution is -2.22. The summed E-state index contributed by atoms with van der Waals surface area (Å²) in [5, 5.41) is 4.32. The second-order valence-electron chi connectivity index (χ2n) is 3.99. The molecule has 0 saturated carbocycles. The first-order chi connectivity index (χ1) is 7.34. The first-order valence-corrected chi connectivity index (χ1v) is 6.91. The highest BCUT2D eigenvalue weighted by molar-refractivity contribution is 7.99. The lowest BCUT2D eigenvalue weighted by Gasteiger charge is -2.09. The molecule has 82 valence electrons. The van der Waals surface area contributed by atoms with Gasteiger partial charge in [0.1, 0.15) is 0 Å². The second-order valence-corrected chi connectivity index (χ2v) is 5.58. The minimum absolute atomic E-state index is 0.825. The quantitative estimate of drug-likeness (QED) is 0.869. The van der Waals surface area contributed by atoms with Gasteiger partial charge in [0.15, 0.2) is 0 Å². The molecule has 0 amide bonds. The molecule has 1 atom stereocenters. The fourth-order valence-electron chi connectivity index (χ4n) is 1.81. The van der Waals surface area contributed by atoms with Crippen molar-refractivity contribution in [3.05, 3.63) is 34.9 Å². The fraction of sp³-hybridized carbons (Fsp3) is 0.500. The maximum atomic E-state index is 5.92. The highest BCUT2D eigenvalue weighted by atomic mass is 35.5. The Hall–Kier alpha value is -0.180. The van der Waals surface area contributed by atoms with Crippen LogP contribution in [0.5, 0.6) is 0 Å². The molecular weight excluding hydrogens is 226 g/mol. The number of hydrogen-bond donors (Lipinski definition) is 1. The average Bonchev–Trinajstić information content (AvgIpc) is 2.71. The number of hydrogen-bond acceptors (Lipinski definition) is 2. The number of benzene rings is 1. The fourth-order valence-corrected chi connectivity index (χ4v) is 3.31. The monoisotopic (exact) mass is 241 g/mol. The van der Waals surface area contributed by atoms with Crippen molar-refractivity contribution in [1.82, 2.24) is 5.32 Å². The molecule has 0 aromatic heterocycles. The lowest BCUT2D eigenvalue weighted by atomic mass is 10.1. The second kappa shape index (κ2) is 5.78. The van der Waals surface area contributed by atoms with Crippen LogP contribution in [0.2, 0.25) is 5.02 Å². The Morgan fingerprint density at radius 1 is 1.47 bits per heavy atom. The van der Waals surface area contributed by atoms with Gasteiger partial charge in [0.05, 0.1) is 0 Å². The molecule has 2 rings (SSSR count). The van der Waals surface area contributed by atoms with E-state index < -0.39 is 0 Å². The first-order valence-electron chi connectivity index (χ1n) is 5.37. The normalized spacial score (nSPS) is 20.7. The molecular formula is C12H16ClNS. The van der Waals surface area contributed by atoms with Crippen LogP contribution in [0, 0.1) is 5.92 Å². The van der Waals surface area contributed by atoms with Gasteiger partial charge in [0.2, 0.25) is 0 Å². The summed E-state index contributed by atoms with van der Waals surface area (Å²) >= 11 is 7.99. The van der Waals surface area contributed by atoms with E-state index in [1.807, 2.05) is 18.2 Å². The molecule has 1 heterocycles. The topological polar surface area (TPSA) is 12.0 Å². The van der Waals surface area contributed by atoms with E-state index in [0.29, 0.717) is 0 Å². The Morgan fingerprint density at radius 3 is 3.13 bits per heavy atom. The molecule has 0 spiro atoms. The minimum Gasteiger partial charge on any atom is -0.312 e. The Morgan fingerprint density at radius 2 is 2.40 bits per heavy atom. The first kappa shape index (κ1) is 11.3. The standard InChI is InChI=1S/C12H16ClNS/c13-12-3-1-2-10(6-12)7-14-8-11-4-5-15-9-11/h1-3,6,11,14H,4-5,7-9H2. The van der Waals surface area contributed by atoms with Gasteiger partial charge in [-0.1, -0.05) is 23.7 Å². The van der Waals surface area contributed by atoms with Crippen LogP contribution in [0.1, 0.15) is 12.0 Å². The molecule has 1 N–H and O–H groups in total. The molecule has 1 aliphatic heterocycles. The van der Waals surface area contributed by atoms with Gasteiger partial charge < -0.3 is 5.32 Å². The number of halogens is 1. The van der Waals surface area contributed by atoms with E-state index in [0.717, 1.165) is 24.0 Å². The lowest BCUT2D eigenvalue weighted by molar-refractivity contribution is 0.523. The molecule has 0 aliphatic carbocycles. The molecule has 3 heteroatoms. The van der Waals surface area contributed by atoms with Gasteiger partial charge in [-0.05, 0) is 48.1 Å². The van der Waals surface area contributed by atoms with Gasteiger partial charge in [0, 0.05) is 11.6 Å². The van der Waals surface area contributed by atoms with E-state index in [1.165, 1.54) is 23.5 Å². The van der Waals surface area contributed by atoms with Crippen LogP contribution in [0.4, 0.5) is 0 Å². The summed E-state index contributed by atoms with van der Waals surface area (Å²) in [6.07, 6.45) is 1.37. The van der Waals surface area contributed by atoms with E-state index >= 15 is 0 Å². The average molecular weight is 242 g/mol. The molecule has 15 heavy (non-hydrogen) atoms. The molecule has 1 aromatic carbocycles. The minimum atomic E-state index is 0.825. The molecule has 0 bridgehead atoms. The van der Waals surface area contributed by atoms with Crippen LogP contribution < -0.4 is 5.32 Å². The Balaban J connectivity index is 1.73. The van der Waals surface area contributed by atoms with E-state index in [1.54, 1.807) is 0 Å². The molecule has 1 aliphatic rings. The summed E-state index contributed by atoms with van der Waals surface area (Å²) in [5.41, 5.74) is 1.27. The third-order valence-electron chi connectivity index (χ3n) is 2.68. The van der Waals surface area contributed by atoms with Crippen LogP contribution in [-0.4, -0.2) is 18.1 Å². The third-order valence-corrected chi connectivity index (χ3v) is 4.14. The van der Waals surface area contributed by atoms with Gasteiger partial charge >= 0.3 is 0 Å². The van der Waals surface area contributed by atoms with Crippen molar-refractivity contribution >= 4 is 23.4 Å². The zero-order valence-electron chi connectivity index (χ0n) is 8.71. The van der Waals surface area contributed by atoms with Crippen LogP contribution in [0.3, 0.4) is 0 Å². The van der Waals surface area contributed by atoms with Crippen LogP contribution in [0.25, 0.3) is 0 Å². The van der Waals surface area contributed by atoms with Crippen molar-refractivity contribution in [2.24, 2.45) is 5.92 Å². The van der Waals surface area contributed by atoms with Gasteiger partial charge in [-0.15, -0.1) is 0 Å². The Kier molecular flexibility index (Phi) is 4.36. The third kappa shape index (κ3) is 3.71. The number of nitrogens with one attached hydrogen (secondary N) is 1. The maximum absolute atomic E-state index is 5.92. The Bertz CT molecular complexity index is 310. The number of thioether (sulfide) groups is 1. The van der Waals surface area contributed by atoms with Crippen molar-refractivity contribution in [3.63, 3.8) is 0 Å². The van der Waals surface area contributed by atoms with Crippen LogP contribution >= 0.6 is 23.4 Å². The van der Waals surface area contributed by atoms with E-state index in [-0.39, 0.29) is 0 Å². The highest BCUT2D eigenvalue weighted by Gasteiger charge is 2.14. The summed E-state index contributed by atoms with van der Waals surface area (Å²) in [6.45, 7) is 2.07. The van der Waals surface area contributed by atoms with Crippen molar-refractivity contribution in [2.45, 2.75) is 13.0 Å². The predicted molar refractivity (Wildman–Crippen MR) is 68.6 cm³/mol. The molecule has 1 unspecified atom stereocenters. The van der Waals surface area contributed by atoms with Gasteiger partial charge in [-0.2, -0.15) is 11.8 Å². The van der Waals surface area contributed by atoms with Crippen LogP contribution in [0.15, 0.2) is 24.3 Å². The van der Waals surface area contributed by atoms with Crippen molar-refractivity contribution in [2.75, 3.05) is 18.1 Å². The van der Waals surface area contributed by atoms with Gasteiger partial charge in [0.25, 0.3) is 0 Å².